The molecule has 3 rings (SSSR count). The first-order valence-electron chi connectivity index (χ1n) is 8.78. The van der Waals surface area contributed by atoms with Crippen molar-refractivity contribution in [1.82, 2.24) is 10.2 Å². The van der Waals surface area contributed by atoms with Crippen LogP contribution in [-0.4, -0.2) is 23.8 Å². The van der Waals surface area contributed by atoms with Gasteiger partial charge in [0.1, 0.15) is 5.82 Å². The van der Waals surface area contributed by atoms with E-state index in [1.54, 1.807) is 11.9 Å². The molecule has 0 aliphatic carbocycles. The lowest BCUT2D eigenvalue weighted by atomic mass is 9.84. The Balaban J connectivity index is 1.78. The number of piperidine rings is 1. The largest absolute Gasteiger partial charge is 0.352 e. The molecular formula is C21H20FN3O2. The molecule has 2 unspecified atom stereocenters. The van der Waals surface area contributed by atoms with Gasteiger partial charge in [-0.2, -0.15) is 5.26 Å². The number of amides is 2. The van der Waals surface area contributed by atoms with Crippen molar-refractivity contribution >= 4 is 11.8 Å². The molecule has 2 aromatic carbocycles. The molecule has 0 radical (unpaired) electrons. The zero-order valence-electron chi connectivity index (χ0n) is 15.0. The van der Waals surface area contributed by atoms with Crippen LogP contribution in [0.3, 0.4) is 0 Å². The fraction of sp³-hybridized carbons (Fsp3) is 0.286. The van der Waals surface area contributed by atoms with Gasteiger partial charge >= 0.3 is 0 Å². The fourth-order valence-corrected chi connectivity index (χ4v) is 3.51. The lowest BCUT2D eigenvalue weighted by molar-refractivity contribution is -0.141. The maximum absolute atomic E-state index is 13.9. The lowest BCUT2D eigenvalue weighted by Gasteiger charge is -2.38. The summed E-state index contributed by atoms with van der Waals surface area (Å²) in [5, 5.41) is 11.7. The molecule has 0 saturated carbocycles. The van der Waals surface area contributed by atoms with Crippen LogP contribution in [0, 0.1) is 23.1 Å². The SMILES string of the molecule is CN1C(=O)CCC(C(=O)NCc2cc(C#N)ccc2F)C1c1ccccc1. The van der Waals surface area contributed by atoms with Crippen molar-refractivity contribution in [1.29, 1.82) is 5.26 Å². The van der Waals surface area contributed by atoms with Gasteiger partial charge < -0.3 is 10.2 Å². The molecule has 27 heavy (non-hydrogen) atoms. The van der Waals surface area contributed by atoms with Gasteiger partial charge in [-0.25, -0.2) is 4.39 Å². The Labute approximate surface area is 157 Å². The van der Waals surface area contributed by atoms with E-state index in [0.29, 0.717) is 18.4 Å². The van der Waals surface area contributed by atoms with E-state index in [2.05, 4.69) is 5.32 Å². The summed E-state index contributed by atoms with van der Waals surface area (Å²) in [7, 11) is 1.70. The number of benzene rings is 2. The normalized spacial score (nSPS) is 19.4. The van der Waals surface area contributed by atoms with Gasteiger partial charge in [-0.05, 0) is 30.2 Å². The van der Waals surface area contributed by atoms with E-state index in [1.165, 1.54) is 18.2 Å². The molecule has 1 aliphatic heterocycles. The molecular weight excluding hydrogens is 345 g/mol. The third-order valence-corrected chi connectivity index (χ3v) is 4.97. The van der Waals surface area contributed by atoms with Crippen molar-refractivity contribution in [2.45, 2.75) is 25.4 Å². The van der Waals surface area contributed by atoms with Gasteiger partial charge in [0.15, 0.2) is 0 Å². The van der Waals surface area contributed by atoms with Gasteiger partial charge in [0, 0.05) is 25.6 Å². The summed E-state index contributed by atoms with van der Waals surface area (Å²) >= 11 is 0. The first-order chi connectivity index (χ1) is 13.0. The minimum Gasteiger partial charge on any atom is -0.352 e. The molecule has 1 fully saturated rings. The molecule has 2 atom stereocenters. The maximum atomic E-state index is 13.9. The van der Waals surface area contributed by atoms with Crippen LogP contribution in [0.15, 0.2) is 48.5 Å². The Morgan fingerprint density at radius 2 is 2.04 bits per heavy atom. The smallest absolute Gasteiger partial charge is 0.225 e. The number of hydrogen-bond acceptors (Lipinski definition) is 3. The first kappa shape index (κ1) is 18.6. The highest BCUT2D eigenvalue weighted by atomic mass is 19.1. The predicted molar refractivity (Wildman–Crippen MR) is 97.6 cm³/mol. The van der Waals surface area contributed by atoms with Crippen molar-refractivity contribution in [2.75, 3.05) is 7.05 Å². The number of hydrogen-bond donors (Lipinski definition) is 1. The van der Waals surface area contributed by atoms with Gasteiger partial charge in [-0.15, -0.1) is 0 Å². The Kier molecular flexibility index (Phi) is 5.51. The molecule has 0 aromatic heterocycles. The third kappa shape index (κ3) is 3.98. The van der Waals surface area contributed by atoms with Crippen LogP contribution < -0.4 is 5.32 Å². The highest BCUT2D eigenvalue weighted by molar-refractivity contribution is 5.84. The zero-order valence-corrected chi connectivity index (χ0v) is 15.0. The summed E-state index contributed by atoms with van der Waals surface area (Å²) < 4.78 is 13.9. The van der Waals surface area contributed by atoms with Crippen molar-refractivity contribution in [3.05, 3.63) is 71.0 Å². The number of carbonyl (C=O) groups is 2. The lowest BCUT2D eigenvalue weighted by Crippen LogP contribution is -2.46. The first-order valence-corrected chi connectivity index (χ1v) is 8.78. The fourth-order valence-electron chi connectivity index (χ4n) is 3.51. The molecule has 0 bridgehead atoms. The Hall–Kier alpha value is -3.20. The summed E-state index contributed by atoms with van der Waals surface area (Å²) in [6.07, 6.45) is 0.742. The average molecular weight is 365 g/mol. The molecule has 0 spiro atoms. The Bertz CT molecular complexity index is 892. The number of likely N-dealkylation sites (tertiary alicyclic amines) is 1. The number of nitrogens with one attached hydrogen (secondary N) is 1. The Morgan fingerprint density at radius 1 is 1.30 bits per heavy atom. The molecule has 5 nitrogen and oxygen atoms in total. The average Bonchev–Trinajstić information content (AvgIpc) is 2.69. The van der Waals surface area contributed by atoms with E-state index in [1.807, 2.05) is 36.4 Å². The maximum Gasteiger partial charge on any atom is 0.225 e. The van der Waals surface area contributed by atoms with Crippen LogP contribution in [-0.2, 0) is 16.1 Å². The van der Waals surface area contributed by atoms with E-state index in [-0.39, 0.29) is 30.0 Å². The second kappa shape index (κ2) is 8.00. The monoisotopic (exact) mass is 365 g/mol. The molecule has 138 valence electrons. The van der Waals surface area contributed by atoms with Crippen LogP contribution in [0.2, 0.25) is 0 Å². The topological polar surface area (TPSA) is 73.2 Å². The number of carbonyl (C=O) groups excluding carboxylic acids is 2. The summed E-state index contributed by atoms with van der Waals surface area (Å²) in [6, 6.07) is 15.1. The van der Waals surface area contributed by atoms with Gasteiger partial charge in [0.05, 0.1) is 23.6 Å². The number of rotatable bonds is 4. The highest BCUT2D eigenvalue weighted by Crippen LogP contribution is 2.35. The van der Waals surface area contributed by atoms with Crippen LogP contribution in [0.5, 0.6) is 0 Å². The van der Waals surface area contributed by atoms with Crippen molar-refractivity contribution in [3.63, 3.8) is 0 Å². The quantitative estimate of drug-likeness (QED) is 0.905. The van der Waals surface area contributed by atoms with Gasteiger partial charge in [-0.3, -0.25) is 9.59 Å². The van der Waals surface area contributed by atoms with Crippen LogP contribution >= 0.6 is 0 Å². The van der Waals surface area contributed by atoms with Crippen LogP contribution in [0.1, 0.15) is 35.6 Å². The second-order valence-corrected chi connectivity index (χ2v) is 6.64. The summed E-state index contributed by atoms with van der Waals surface area (Å²) in [6.45, 7) is -0.00411. The van der Waals surface area contributed by atoms with Gasteiger partial charge in [0.2, 0.25) is 11.8 Å². The van der Waals surface area contributed by atoms with Crippen molar-refractivity contribution < 1.29 is 14.0 Å². The minimum absolute atomic E-state index is 0.000619. The standard InChI is InChI=1S/C21H20FN3O2/c1-25-19(26)10-8-17(20(25)15-5-3-2-4-6-15)21(27)24-13-16-11-14(12-23)7-9-18(16)22/h2-7,9,11,17,20H,8,10,13H2,1H3,(H,24,27). The molecule has 1 aliphatic rings. The summed E-state index contributed by atoms with van der Waals surface area (Å²) in [5.41, 5.74) is 1.50. The van der Waals surface area contributed by atoms with Crippen molar-refractivity contribution in [2.24, 2.45) is 5.92 Å². The third-order valence-electron chi connectivity index (χ3n) is 4.97. The van der Waals surface area contributed by atoms with E-state index in [0.717, 1.165) is 5.56 Å². The molecule has 1 heterocycles. The summed E-state index contributed by atoms with van der Waals surface area (Å²) in [4.78, 5) is 26.6. The number of nitriles is 1. The van der Waals surface area contributed by atoms with E-state index >= 15 is 0 Å². The molecule has 2 aromatic rings. The molecule has 1 N–H and O–H groups in total. The molecule has 2 amide bonds. The van der Waals surface area contributed by atoms with Crippen LogP contribution in [0.4, 0.5) is 4.39 Å². The number of nitrogens with zero attached hydrogens (tertiary/aromatic N) is 2. The molecule has 1 saturated heterocycles. The van der Waals surface area contributed by atoms with E-state index in [4.69, 9.17) is 5.26 Å². The van der Waals surface area contributed by atoms with Gasteiger partial charge in [-0.1, -0.05) is 30.3 Å². The van der Waals surface area contributed by atoms with E-state index < -0.39 is 11.7 Å². The zero-order chi connectivity index (χ0) is 19.4. The highest BCUT2D eigenvalue weighted by Gasteiger charge is 2.38. The Morgan fingerprint density at radius 3 is 2.74 bits per heavy atom. The summed E-state index contributed by atoms with van der Waals surface area (Å²) in [5.74, 6) is -1.12. The van der Waals surface area contributed by atoms with Crippen molar-refractivity contribution in [3.8, 4) is 6.07 Å². The van der Waals surface area contributed by atoms with Crippen LogP contribution in [0.25, 0.3) is 0 Å². The van der Waals surface area contributed by atoms with E-state index in [9.17, 15) is 14.0 Å². The second-order valence-electron chi connectivity index (χ2n) is 6.64. The van der Waals surface area contributed by atoms with Gasteiger partial charge in [0.25, 0.3) is 0 Å². The predicted octanol–water partition coefficient (Wildman–Crippen LogP) is 2.92. The minimum atomic E-state index is -0.468. The number of halogens is 1. The molecule has 6 heteroatoms.